The molecular weight excluding hydrogens is 340 g/mol. The van der Waals surface area contributed by atoms with Gasteiger partial charge in [-0.1, -0.05) is 48.0 Å². The van der Waals surface area contributed by atoms with Gasteiger partial charge in [-0.3, -0.25) is 20.4 Å². The molecule has 0 aliphatic heterocycles. The molecule has 0 aliphatic rings. The first kappa shape index (κ1) is 18.2. The van der Waals surface area contributed by atoms with Crippen molar-refractivity contribution in [2.45, 2.75) is 13.5 Å². The number of benzene rings is 3. The van der Waals surface area contributed by atoms with Gasteiger partial charge in [0.15, 0.2) is 0 Å². The second-order valence-electron chi connectivity index (χ2n) is 6.08. The standard InChI is InChI=1S/C22H20N2O3/c1-16-6-5-9-19(14-16)22(26)24-23-21(25)18-10-12-20(13-11-18)27-15-17-7-3-2-4-8-17/h2-14H,15H2,1H3,(H,23,25)(H,24,26). The van der Waals surface area contributed by atoms with Gasteiger partial charge in [0.05, 0.1) is 0 Å². The average molecular weight is 360 g/mol. The highest BCUT2D eigenvalue weighted by atomic mass is 16.5. The molecule has 27 heavy (non-hydrogen) atoms. The molecule has 2 amide bonds. The molecule has 5 nitrogen and oxygen atoms in total. The van der Waals surface area contributed by atoms with Gasteiger partial charge < -0.3 is 4.74 Å². The Balaban J connectivity index is 1.52. The molecule has 0 aromatic heterocycles. The van der Waals surface area contributed by atoms with Gasteiger partial charge in [-0.25, -0.2) is 0 Å². The van der Waals surface area contributed by atoms with Crippen LogP contribution in [0.25, 0.3) is 0 Å². The molecule has 0 bridgehead atoms. The van der Waals surface area contributed by atoms with Crippen LogP contribution in [0.2, 0.25) is 0 Å². The first-order valence-corrected chi connectivity index (χ1v) is 8.56. The smallest absolute Gasteiger partial charge is 0.269 e. The Bertz CT molecular complexity index is 922. The van der Waals surface area contributed by atoms with Crippen LogP contribution >= 0.6 is 0 Å². The molecule has 0 saturated carbocycles. The van der Waals surface area contributed by atoms with Crippen LogP contribution in [0.4, 0.5) is 0 Å². The first-order valence-electron chi connectivity index (χ1n) is 8.56. The molecule has 0 aliphatic carbocycles. The Hall–Kier alpha value is -3.60. The van der Waals surface area contributed by atoms with Crippen molar-refractivity contribution in [2.75, 3.05) is 0 Å². The average Bonchev–Trinajstić information content (AvgIpc) is 2.71. The lowest BCUT2D eigenvalue weighted by Crippen LogP contribution is -2.41. The Kier molecular flexibility index (Phi) is 5.84. The maximum Gasteiger partial charge on any atom is 0.269 e. The van der Waals surface area contributed by atoms with Gasteiger partial charge >= 0.3 is 0 Å². The highest BCUT2D eigenvalue weighted by Crippen LogP contribution is 2.14. The number of hydrogen-bond donors (Lipinski definition) is 2. The maximum atomic E-state index is 12.2. The van der Waals surface area contributed by atoms with Crippen LogP contribution in [-0.2, 0) is 6.61 Å². The predicted molar refractivity (Wildman–Crippen MR) is 103 cm³/mol. The van der Waals surface area contributed by atoms with Crippen molar-refractivity contribution >= 4 is 11.8 Å². The molecule has 0 heterocycles. The van der Waals surface area contributed by atoms with Crippen molar-refractivity contribution in [1.82, 2.24) is 10.9 Å². The van der Waals surface area contributed by atoms with Crippen molar-refractivity contribution in [1.29, 1.82) is 0 Å². The summed E-state index contributed by atoms with van der Waals surface area (Å²) < 4.78 is 5.69. The molecule has 3 rings (SSSR count). The summed E-state index contributed by atoms with van der Waals surface area (Å²) in [6.07, 6.45) is 0. The van der Waals surface area contributed by atoms with E-state index in [1.807, 2.05) is 43.3 Å². The highest BCUT2D eigenvalue weighted by molar-refractivity contribution is 5.99. The van der Waals surface area contributed by atoms with Gasteiger partial charge in [-0.05, 0) is 48.9 Å². The van der Waals surface area contributed by atoms with E-state index in [4.69, 9.17) is 4.74 Å². The molecule has 0 atom stereocenters. The second-order valence-corrected chi connectivity index (χ2v) is 6.08. The Morgan fingerprint density at radius 2 is 1.44 bits per heavy atom. The van der Waals surface area contributed by atoms with E-state index in [2.05, 4.69) is 10.9 Å². The van der Waals surface area contributed by atoms with Crippen molar-refractivity contribution in [3.05, 3.63) is 101 Å². The number of carbonyl (C=O) groups excluding carboxylic acids is 2. The van der Waals surface area contributed by atoms with Crippen LogP contribution in [0, 0.1) is 6.92 Å². The third kappa shape index (κ3) is 5.19. The summed E-state index contributed by atoms with van der Waals surface area (Å²) in [4.78, 5) is 24.2. The van der Waals surface area contributed by atoms with E-state index < -0.39 is 5.91 Å². The molecule has 0 fully saturated rings. The van der Waals surface area contributed by atoms with E-state index in [0.29, 0.717) is 23.5 Å². The van der Waals surface area contributed by atoms with Crippen LogP contribution in [0.5, 0.6) is 5.75 Å². The lowest BCUT2D eigenvalue weighted by molar-refractivity contribution is 0.0846. The maximum absolute atomic E-state index is 12.2. The minimum absolute atomic E-state index is 0.366. The molecule has 2 N–H and O–H groups in total. The molecule has 0 unspecified atom stereocenters. The van der Waals surface area contributed by atoms with E-state index in [0.717, 1.165) is 11.1 Å². The van der Waals surface area contributed by atoms with Gasteiger partial charge in [0, 0.05) is 11.1 Å². The summed E-state index contributed by atoms with van der Waals surface area (Å²) in [7, 11) is 0. The summed E-state index contributed by atoms with van der Waals surface area (Å²) >= 11 is 0. The number of rotatable bonds is 5. The molecule has 3 aromatic rings. The van der Waals surface area contributed by atoms with E-state index in [-0.39, 0.29) is 5.91 Å². The predicted octanol–water partition coefficient (Wildman–Crippen LogP) is 3.65. The summed E-state index contributed by atoms with van der Waals surface area (Å²) in [5.74, 6) is -0.0975. The minimum Gasteiger partial charge on any atom is -0.489 e. The van der Waals surface area contributed by atoms with E-state index in [9.17, 15) is 9.59 Å². The summed E-state index contributed by atoms with van der Waals surface area (Å²) in [6.45, 7) is 2.36. The quantitative estimate of drug-likeness (QED) is 0.683. The second kappa shape index (κ2) is 8.67. The number of carbonyl (C=O) groups is 2. The molecule has 136 valence electrons. The Morgan fingerprint density at radius 3 is 2.11 bits per heavy atom. The van der Waals surface area contributed by atoms with Crippen LogP contribution in [0.1, 0.15) is 31.8 Å². The topological polar surface area (TPSA) is 67.4 Å². The summed E-state index contributed by atoms with van der Waals surface area (Å²) in [6, 6.07) is 23.7. The van der Waals surface area contributed by atoms with E-state index in [1.165, 1.54) is 0 Å². The SMILES string of the molecule is Cc1cccc(C(=O)NNC(=O)c2ccc(OCc3ccccc3)cc2)c1. The highest BCUT2D eigenvalue weighted by Gasteiger charge is 2.09. The monoisotopic (exact) mass is 360 g/mol. The fraction of sp³-hybridized carbons (Fsp3) is 0.0909. The molecule has 0 radical (unpaired) electrons. The van der Waals surface area contributed by atoms with Gasteiger partial charge in [0.2, 0.25) is 0 Å². The number of amides is 2. The molecular formula is C22H20N2O3. The first-order chi connectivity index (χ1) is 13.1. The van der Waals surface area contributed by atoms with Gasteiger partial charge in [0.25, 0.3) is 11.8 Å². The molecule has 3 aromatic carbocycles. The van der Waals surface area contributed by atoms with Gasteiger partial charge in [-0.15, -0.1) is 0 Å². The third-order valence-electron chi connectivity index (χ3n) is 3.93. The largest absolute Gasteiger partial charge is 0.489 e. The zero-order valence-corrected chi connectivity index (χ0v) is 14.9. The van der Waals surface area contributed by atoms with Crippen LogP contribution in [-0.4, -0.2) is 11.8 Å². The minimum atomic E-state index is -0.398. The van der Waals surface area contributed by atoms with Gasteiger partial charge in [0.1, 0.15) is 12.4 Å². The van der Waals surface area contributed by atoms with E-state index in [1.54, 1.807) is 42.5 Å². The normalized spacial score (nSPS) is 10.1. The van der Waals surface area contributed by atoms with Crippen molar-refractivity contribution in [3.63, 3.8) is 0 Å². The zero-order valence-electron chi connectivity index (χ0n) is 14.9. The number of hydrazine groups is 1. The van der Waals surface area contributed by atoms with Crippen LogP contribution < -0.4 is 15.6 Å². The molecule has 5 heteroatoms. The van der Waals surface area contributed by atoms with Gasteiger partial charge in [-0.2, -0.15) is 0 Å². The molecule has 0 spiro atoms. The Morgan fingerprint density at radius 1 is 0.778 bits per heavy atom. The van der Waals surface area contributed by atoms with Crippen molar-refractivity contribution in [2.24, 2.45) is 0 Å². The van der Waals surface area contributed by atoms with Crippen LogP contribution in [0.3, 0.4) is 0 Å². The number of hydrogen-bond acceptors (Lipinski definition) is 3. The van der Waals surface area contributed by atoms with E-state index >= 15 is 0 Å². The summed E-state index contributed by atoms with van der Waals surface area (Å²) in [5.41, 5.74) is 7.78. The lowest BCUT2D eigenvalue weighted by Gasteiger charge is -2.09. The Labute approximate surface area is 158 Å². The van der Waals surface area contributed by atoms with Crippen LogP contribution in [0.15, 0.2) is 78.9 Å². The lowest BCUT2D eigenvalue weighted by atomic mass is 10.1. The number of nitrogens with one attached hydrogen (secondary N) is 2. The fourth-order valence-corrected chi connectivity index (χ4v) is 2.49. The fourth-order valence-electron chi connectivity index (χ4n) is 2.49. The summed E-state index contributed by atoms with van der Waals surface area (Å²) in [5, 5.41) is 0. The number of ether oxygens (including phenoxy) is 1. The third-order valence-corrected chi connectivity index (χ3v) is 3.93. The molecule has 0 saturated heterocycles. The number of aryl methyl sites for hydroxylation is 1. The zero-order chi connectivity index (χ0) is 19.1. The van der Waals surface area contributed by atoms with Crippen molar-refractivity contribution < 1.29 is 14.3 Å². The van der Waals surface area contributed by atoms with Crippen molar-refractivity contribution in [3.8, 4) is 5.75 Å².